The monoisotopic (exact) mass is 516 g/mol. The van der Waals surface area contributed by atoms with Gasteiger partial charge in [0, 0.05) is 18.0 Å². The topological polar surface area (TPSA) is 94.6 Å². The van der Waals surface area contributed by atoms with Gasteiger partial charge in [0.1, 0.15) is 11.5 Å². The number of phenolic OH excluding ortho intramolecular Hbond substituents is 1. The number of aromatic hydroxyl groups is 1. The summed E-state index contributed by atoms with van der Waals surface area (Å²) < 4.78 is 6.09. The van der Waals surface area contributed by atoms with Gasteiger partial charge >= 0.3 is 0 Å². The van der Waals surface area contributed by atoms with Gasteiger partial charge in [-0.3, -0.25) is 4.79 Å². The largest absolute Gasteiger partial charge is 0.506 e. The lowest BCUT2D eigenvalue weighted by molar-refractivity contribution is -0.0593. The molecule has 1 heterocycles. The third-order valence-electron chi connectivity index (χ3n) is 9.40. The number of aliphatic hydroxyl groups is 1. The van der Waals surface area contributed by atoms with Crippen LogP contribution in [0.3, 0.4) is 0 Å². The third kappa shape index (κ3) is 5.48. The van der Waals surface area contributed by atoms with Crippen molar-refractivity contribution in [2.24, 2.45) is 23.2 Å². The highest BCUT2D eigenvalue weighted by molar-refractivity contribution is 5.87. The minimum atomic E-state index is -0.752. The summed E-state index contributed by atoms with van der Waals surface area (Å²) in [6, 6.07) is 14.6. The normalized spacial score (nSPS) is 26.6. The van der Waals surface area contributed by atoms with E-state index in [4.69, 9.17) is 4.74 Å². The van der Waals surface area contributed by atoms with Crippen molar-refractivity contribution in [2.45, 2.75) is 63.9 Å². The summed E-state index contributed by atoms with van der Waals surface area (Å²) in [6.07, 6.45) is 11.6. The van der Waals surface area contributed by atoms with E-state index in [-0.39, 0.29) is 11.3 Å². The molecule has 0 saturated heterocycles. The minimum Gasteiger partial charge on any atom is -0.506 e. The maximum Gasteiger partial charge on any atom is 0.248 e. The molecule has 4 fully saturated rings. The zero-order chi connectivity index (χ0) is 26.1. The number of hydrogen-bond acceptors (Lipinski definition) is 5. The Kier molecular flexibility index (Phi) is 7.19. The zero-order valence-corrected chi connectivity index (χ0v) is 22.1. The van der Waals surface area contributed by atoms with E-state index in [1.165, 1.54) is 62.6 Å². The molecule has 0 aliphatic heterocycles. The van der Waals surface area contributed by atoms with E-state index in [0.29, 0.717) is 28.4 Å². The Balaban J connectivity index is 0.923. The van der Waals surface area contributed by atoms with Crippen molar-refractivity contribution in [1.29, 1.82) is 0 Å². The first-order valence-corrected chi connectivity index (χ1v) is 14.4. The lowest BCUT2D eigenvalue weighted by atomic mass is 9.48. The molecule has 0 unspecified atom stereocenters. The van der Waals surface area contributed by atoms with Crippen LogP contribution in [0.5, 0.6) is 11.5 Å². The highest BCUT2D eigenvalue weighted by Crippen LogP contribution is 2.61. The van der Waals surface area contributed by atoms with Crippen LogP contribution in [-0.2, 0) is 6.42 Å². The fourth-order valence-electron chi connectivity index (χ4n) is 8.12. The molecule has 6 heteroatoms. The smallest absolute Gasteiger partial charge is 0.248 e. The second-order valence-electron chi connectivity index (χ2n) is 12.3. The first kappa shape index (κ1) is 25.4. The molecule has 1 aromatic heterocycles. The first-order valence-electron chi connectivity index (χ1n) is 14.4. The van der Waals surface area contributed by atoms with Crippen molar-refractivity contribution in [1.82, 2.24) is 10.3 Å². The molecule has 7 rings (SSSR count). The molecule has 4 saturated carbocycles. The SMILES string of the molecule is O=c1ccc2c([C@@H](O)CNCCc3ccc(OCCCC45CC6CC(CC(C6)C4)C5)cc3)ccc(O)c2[nH]1. The molecular weight excluding hydrogens is 476 g/mol. The molecule has 6 nitrogen and oxygen atoms in total. The average molecular weight is 517 g/mol. The van der Waals surface area contributed by atoms with Crippen LogP contribution in [0.15, 0.2) is 53.3 Å². The second kappa shape index (κ2) is 10.7. The van der Waals surface area contributed by atoms with Crippen LogP contribution in [0.25, 0.3) is 10.9 Å². The van der Waals surface area contributed by atoms with Crippen LogP contribution in [0, 0.1) is 23.2 Å². The van der Waals surface area contributed by atoms with Gasteiger partial charge in [-0.15, -0.1) is 0 Å². The number of pyridine rings is 1. The van der Waals surface area contributed by atoms with Crippen molar-refractivity contribution in [2.75, 3.05) is 19.7 Å². The number of H-pyrrole nitrogens is 1. The Morgan fingerprint density at radius 2 is 1.68 bits per heavy atom. The van der Waals surface area contributed by atoms with Crippen LogP contribution in [0.2, 0.25) is 0 Å². The number of fused-ring (bicyclic) bond motifs is 1. The van der Waals surface area contributed by atoms with E-state index >= 15 is 0 Å². The van der Waals surface area contributed by atoms with Gasteiger partial charge in [0.05, 0.1) is 18.2 Å². The molecule has 4 aliphatic rings. The van der Waals surface area contributed by atoms with E-state index in [0.717, 1.165) is 49.5 Å². The van der Waals surface area contributed by atoms with E-state index in [9.17, 15) is 15.0 Å². The van der Waals surface area contributed by atoms with E-state index in [1.54, 1.807) is 12.1 Å². The standard InChI is InChI=1S/C32H40N2O4/c35-28-8-6-26(27-7-9-30(37)34-31(27)28)29(36)20-33-12-10-21-2-4-25(5-3-21)38-13-1-11-32-17-22-14-23(18-32)16-24(15-22)19-32/h2-9,22-24,29,33,35-36H,1,10-20H2,(H,34,37)/t22?,23?,24?,29-,32?/m0/s1. The van der Waals surface area contributed by atoms with E-state index < -0.39 is 6.10 Å². The summed E-state index contributed by atoms with van der Waals surface area (Å²) in [6.45, 7) is 1.92. The molecule has 0 spiro atoms. The van der Waals surface area contributed by atoms with Gasteiger partial charge in [-0.25, -0.2) is 0 Å². The predicted octanol–water partition coefficient (Wildman–Crippen LogP) is 5.47. The highest BCUT2D eigenvalue weighted by Gasteiger charge is 2.50. The van der Waals surface area contributed by atoms with Gasteiger partial charge in [-0.1, -0.05) is 18.2 Å². The highest BCUT2D eigenvalue weighted by atomic mass is 16.5. The lowest BCUT2D eigenvalue weighted by Gasteiger charge is -2.57. The van der Waals surface area contributed by atoms with Crippen LogP contribution < -0.4 is 15.6 Å². The number of hydrogen-bond donors (Lipinski definition) is 4. The second-order valence-corrected chi connectivity index (χ2v) is 12.3. The summed E-state index contributed by atoms with van der Waals surface area (Å²) >= 11 is 0. The van der Waals surface area contributed by atoms with Crippen molar-refractivity contribution >= 4 is 10.9 Å². The van der Waals surface area contributed by atoms with Crippen LogP contribution >= 0.6 is 0 Å². The maximum atomic E-state index is 11.6. The van der Waals surface area contributed by atoms with Crippen molar-refractivity contribution < 1.29 is 14.9 Å². The molecule has 4 aliphatic carbocycles. The molecule has 1 atom stereocenters. The number of aromatic amines is 1. The molecule has 4 bridgehead atoms. The molecule has 202 valence electrons. The Morgan fingerprint density at radius 3 is 2.39 bits per heavy atom. The average Bonchev–Trinajstić information content (AvgIpc) is 2.89. The number of ether oxygens (including phenoxy) is 1. The summed E-state index contributed by atoms with van der Waals surface area (Å²) in [5, 5.41) is 24.7. The number of rotatable bonds is 11. The number of aliphatic hydroxyl groups excluding tert-OH is 1. The minimum absolute atomic E-state index is 0.00310. The Morgan fingerprint density at radius 1 is 0.974 bits per heavy atom. The fourth-order valence-corrected chi connectivity index (χ4v) is 8.12. The lowest BCUT2D eigenvalue weighted by Crippen LogP contribution is -2.46. The summed E-state index contributed by atoms with van der Waals surface area (Å²) in [4.78, 5) is 14.2. The quantitative estimate of drug-likeness (QED) is 0.253. The van der Waals surface area contributed by atoms with Gasteiger partial charge in [-0.05, 0) is 123 Å². The first-order chi connectivity index (χ1) is 18.5. The van der Waals surface area contributed by atoms with Gasteiger partial charge in [-0.2, -0.15) is 0 Å². The van der Waals surface area contributed by atoms with Crippen LogP contribution in [0.4, 0.5) is 0 Å². The summed E-state index contributed by atoms with van der Waals surface area (Å²) in [5.74, 6) is 4.00. The molecule has 38 heavy (non-hydrogen) atoms. The van der Waals surface area contributed by atoms with Gasteiger partial charge < -0.3 is 25.3 Å². The summed E-state index contributed by atoms with van der Waals surface area (Å²) in [7, 11) is 0. The molecule has 4 N–H and O–H groups in total. The molecule has 2 aromatic carbocycles. The molecule has 3 aromatic rings. The van der Waals surface area contributed by atoms with E-state index in [2.05, 4.69) is 34.6 Å². The predicted molar refractivity (Wildman–Crippen MR) is 150 cm³/mol. The van der Waals surface area contributed by atoms with E-state index in [1.807, 2.05) is 0 Å². The van der Waals surface area contributed by atoms with Crippen LogP contribution in [-0.4, -0.2) is 34.9 Å². The zero-order valence-electron chi connectivity index (χ0n) is 22.1. The molecule has 0 radical (unpaired) electrons. The number of nitrogens with one attached hydrogen (secondary N) is 2. The third-order valence-corrected chi connectivity index (χ3v) is 9.40. The maximum absolute atomic E-state index is 11.6. The van der Waals surface area contributed by atoms with Gasteiger partial charge in [0.25, 0.3) is 0 Å². The van der Waals surface area contributed by atoms with Crippen molar-refractivity contribution in [3.8, 4) is 11.5 Å². The van der Waals surface area contributed by atoms with Gasteiger partial charge in [0.2, 0.25) is 5.56 Å². The number of phenols is 1. The van der Waals surface area contributed by atoms with Gasteiger partial charge in [0.15, 0.2) is 0 Å². The number of aromatic nitrogens is 1. The Labute approximate surface area is 224 Å². The number of benzene rings is 2. The van der Waals surface area contributed by atoms with Crippen molar-refractivity contribution in [3.63, 3.8) is 0 Å². The summed E-state index contributed by atoms with van der Waals surface area (Å²) in [5.41, 5.74) is 2.60. The fraction of sp³-hybridized carbons (Fsp3) is 0.531. The Bertz CT molecular complexity index is 1280. The molecule has 0 amide bonds. The Hall–Kier alpha value is -2.83. The van der Waals surface area contributed by atoms with Crippen LogP contribution in [0.1, 0.15) is 68.6 Å². The molecular formula is C32H40N2O4. The van der Waals surface area contributed by atoms with Crippen molar-refractivity contribution in [3.05, 3.63) is 70.0 Å².